The molecule has 0 aliphatic heterocycles. The van der Waals surface area contributed by atoms with Crippen LogP contribution in [0, 0.1) is 0 Å². The number of carbonyl (C=O) groups excluding carboxylic acids is 1. The first-order valence-corrected chi connectivity index (χ1v) is 4.86. The Morgan fingerprint density at radius 1 is 1.46 bits per heavy atom. The predicted molar refractivity (Wildman–Crippen MR) is 55.3 cm³/mol. The standard InChI is InChI=1S/C10H11BrO2/c1-7(12)10(11)8-5-3-4-6-9(8)13-2/h3-6,10H,1-2H3. The van der Waals surface area contributed by atoms with E-state index in [-0.39, 0.29) is 10.6 Å². The first-order chi connectivity index (χ1) is 6.16. The molecule has 0 aliphatic rings. The van der Waals surface area contributed by atoms with E-state index in [1.807, 2.05) is 24.3 Å². The van der Waals surface area contributed by atoms with Gasteiger partial charge in [-0.05, 0) is 13.0 Å². The van der Waals surface area contributed by atoms with Crippen molar-refractivity contribution in [3.63, 3.8) is 0 Å². The highest BCUT2D eigenvalue weighted by atomic mass is 79.9. The van der Waals surface area contributed by atoms with Gasteiger partial charge in [0, 0.05) is 5.56 Å². The average Bonchev–Trinajstić information content (AvgIpc) is 2.16. The number of carbonyl (C=O) groups is 1. The van der Waals surface area contributed by atoms with Gasteiger partial charge in [-0.2, -0.15) is 0 Å². The zero-order chi connectivity index (χ0) is 9.84. The van der Waals surface area contributed by atoms with Gasteiger partial charge in [0.2, 0.25) is 0 Å². The number of Topliss-reactive ketones (excluding diaryl/α,β-unsaturated/α-hetero) is 1. The Hall–Kier alpha value is -0.830. The minimum Gasteiger partial charge on any atom is -0.496 e. The maximum absolute atomic E-state index is 11.1. The van der Waals surface area contributed by atoms with E-state index in [1.165, 1.54) is 0 Å². The van der Waals surface area contributed by atoms with Crippen molar-refractivity contribution in [3.8, 4) is 5.75 Å². The normalized spacial score (nSPS) is 12.2. The molecular formula is C10H11BrO2. The van der Waals surface area contributed by atoms with Crippen molar-refractivity contribution in [2.45, 2.75) is 11.8 Å². The fourth-order valence-electron chi connectivity index (χ4n) is 1.09. The van der Waals surface area contributed by atoms with Crippen LogP contribution in [0.3, 0.4) is 0 Å². The summed E-state index contributed by atoms with van der Waals surface area (Å²) >= 11 is 3.31. The van der Waals surface area contributed by atoms with Crippen LogP contribution in [-0.4, -0.2) is 12.9 Å². The van der Waals surface area contributed by atoms with Crippen LogP contribution < -0.4 is 4.74 Å². The number of hydrogen-bond donors (Lipinski definition) is 0. The number of alkyl halides is 1. The summed E-state index contributed by atoms with van der Waals surface area (Å²) in [5.41, 5.74) is 0.873. The number of ether oxygens (including phenoxy) is 1. The first kappa shape index (κ1) is 10.3. The van der Waals surface area contributed by atoms with E-state index < -0.39 is 0 Å². The second-order valence-corrected chi connectivity index (χ2v) is 3.63. The number of hydrogen-bond acceptors (Lipinski definition) is 2. The Labute approximate surface area is 86.0 Å². The third kappa shape index (κ3) is 2.31. The van der Waals surface area contributed by atoms with E-state index >= 15 is 0 Å². The van der Waals surface area contributed by atoms with E-state index in [4.69, 9.17) is 4.74 Å². The average molecular weight is 243 g/mol. The van der Waals surface area contributed by atoms with Crippen LogP contribution in [-0.2, 0) is 4.79 Å². The maximum atomic E-state index is 11.1. The van der Waals surface area contributed by atoms with E-state index in [0.29, 0.717) is 0 Å². The summed E-state index contributed by atoms with van der Waals surface area (Å²) in [5.74, 6) is 0.809. The molecule has 0 aromatic heterocycles. The predicted octanol–water partition coefficient (Wildman–Crippen LogP) is 2.72. The molecule has 0 saturated heterocycles. The summed E-state index contributed by atoms with van der Waals surface area (Å²) in [6, 6.07) is 7.48. The van der Waals surface area contributed by atoms with Crippen molar-refractivity contribution in [1.82, 2.24) is 0 Å². The highest BCUT2D eigenvalue weighted by Crippen LogP contribution is 2.31. The fraction of sp³-hybridized carbons (Fsp3) is 0.300. The summed E-state index contributed by atoms with van der Waals surface area (Å²) in [5, 5.41) is 0. The molecule has 0 fully saturated rings. The number of benzene rings is 1. The van der Waals surface area contributed by atoms with Crippen LogP contribution in [0.5, 0.6) is 5.75 Å². The lowest BCUT2D eigenvalue weighted by Crippen LogP contribution is -2.02. The van der Waals surface area contributed by atoms with E-state index in [1.54, 1.807) is 14.0 Å². The quantitative estimate of drug-likeness (QED) is 0.763. The largest absolute Gasteiger partial charge is 0.496 e. The minimum atomic E-state index is -0.274. The van der Waals surface area contributed by atoms with Crippen molar-refractivity contribution < 1.29 is 9.53 Å². The highest BCUT2D eigenvalue weighted by Gasteiger charge is 2.16. The Morgan fingerprint density at radius 3 is 2.62 bits per heavy atom. The summed E-state index contributed by atoms with van der Waals surface area (Å²) < 4.78 is 5.13. The lowest BCUT2D eigenvalue weighted by atomic mass is 10.1. The molecule has 13 heavy (non-hydrogen) atoms. The van der Waals surface area contributed by atoms with Gasteiger partial charge in [-0.1, -0.05) is 34.1 Å². The van der Waals surface area contributed by atoms with Gasteiger partial charge in [0.15, 0.2) is 0 Å². The van der Waals surface area contributed by atoms with Crippen molar-refractivity contribution in [2.24, 2.45) is 0 Å². The molecule has 2 nitrogen and oxygen atoms in total. The summed E-state index contributed by atoms with van der Waals surface area (Å²) in [4.78, 5) is 10.8. The second kappa shape index (κ2) is 4.42. The third-order valence-electron chi connectivity index (χ3n) is 1.77. The van der Waals surface area contributed by atoms with Crippen LogP contribution >= 0.6 is 15.9 Å². The van der Waals surface area contributed by atoms with Gasteiger partial charge in [-0.25, -0.2) is 0 Å². The van der Waals surface area contributed by atoms with Crippen molar-refractivity contribution in [2.75, 3.05) is 7.11 Å². The molecule has 0 bridgehead atoms. The van der Waals surface area contributed by atoms with Crippen molar-refractivity contribution >= 4 is 21.7 Å². The second-order valence-electron chi connectivity index (χ2n) is 2.72. The maximum Gasteiger partial charge on any atom is 0.147 e. The SMILES string of the molecule is COc1ccccc1C(Br)C(C)=O. The zero-order valence-corrected chi connectivity index (χ0v) is 9.17. The van der Waals surface area contributed by atoms with Gasteiger partial charge in [0.25, 0.3) is 0 Å². The Kier molecular flexibility index (Phi) is 3.48. The topological polar surface area (TPSA) is 26.3 Å². The molecule has 1 aromatic carbocycles. The molecule has 1 rings (SSSR count). The molecule has 0 radical (unpaired) electrons. The molecule has 1 atom stereocenters. The van der Waals surface area contributed by atoms with E-state index in [9.17, 15) is 4.79 Å². The Bertz CT molecular complexity index is 310. The lowest BCUT2D eigenvalue weighted by Gasteiger charge is -2.10. The van der Waals surface area contributed by atoms with E-state index in [2.05, 4.69) is 15.9 Å². The minimum absolute atomic E-state index is 0.0736. The van der Waals surface area contributed by atoms with Gasteiger partial charge in [-0.15, -0.1) is 0 Å². The summed E-state index contributed by atoms with van der Waals surface area (Å²) in [6.07, 6.45) is 0. The molecule has 70 valence electrons. The third-order valence-corrected chi connectivity index (χ3v) is 2.91. The molecule has 0 spiro atoms. The molecule has 3 heteroatoms. The monoisotopic (exact) mass is 242 g/mol. The van der Waals surface area contributed by atoms with Gasteiger partial charge in [-0.3, -0.25) is 4.79 Å². The van der Waals surface area contributed by atoms with Crippen molar-refractivity contribution in [1.29, 1.82) is 0 Å². The Balaban J connectivity index is 3.05. The molecule has 0 saturated carbocycles. The van der Waals surface area contributed by atoms with Crippen LogP contribution in [0.4, 0.5) is 0 Å². The fourth-order valence-corrected chi connectivity index (χ4v) is 1.47. The molecule has 1 aromatic rings. The molecule has 0 N–H and O–H groups in total. The lowest BCUT2D eigenvalue weighted by molar-refractivity contribution is -0.116. The molecule has 0 heterocycles. The summed E-state index contributed by atoms with van der Waals surface area (Å²) in [6.45, 7) is 1.55. The number of para-hydroxylation sites is 1. The van der Waals surface area contributed by atoms with Gasteiger partial charge < -0.3 is 4.74 Å². The van der Waals surface area contributed by atoms with Crippen LogP contribution in [0.25, 0.3) is 0 Å². The van der Waals surface area contributed by atoms with Gasteiger partial charge >= 0.3 is 0 Å². The molecular weight excluding hydrogens is 232 g/mol. The van der Waals surface area contributed by atoms with Gasteiger partial charge in [0.05, 0.1) is 7.11 Å². The zero-order valence-electron chi connectivity index (χ0n) is 7.58. The Morgan fingerprint density at radius 2 is 2.08 bits per heavy atom. The van der Waals surface area contributed by atoms with Crippen LogP contribution in [0.1, 0.15) is 17.3 Å². The molecule has 1 unspecified atom stereocenters. The molecule has 0 amide bonds. The van der Waals surface area contributed by atoms with Gasteiger partial charge in [0.1, 0.15) is 16.4 Å². The smallest absolute Gasteiger partial charge is 0.147 e. The van der Waals surface area contributed by atoms with Crippen LogP contribution in [0.2, 0.25) is 0 Å². The van der Waals surface area contributed by atoms with E-state index in [0.717, 1.165) is 11.3 Å². The number of methoxy groups -OCH3 is 1. The number of halogens is 1. The summed E-state index contributed by atoms with van der Waals surface area (Å²) in [7, 11) is 1.60. The number of ketones is 1. The first-order valence-electron chi connectivity index (χ1n) is 3.94. The van der Waals surface area contributed by atoms with Crippen molar-refractivity contribution in [3.05, 3.63) is 29.8 Å². The molecule has 0 aliphatic carbocycles. The highest BCUT2D eigenvalue weighted by molar-refractivity contribution is 9.09. The van der Waals surface area contributed by atoms with Crippen LogP contribution in [0.15, 0.2) is 24.3 Å². The number of rotatable bonds is 3.